The van der Waals surface area contributed by atoms with E-state index in [9.17, 15) is 14.0 Å². The molecular formula is C27H29FN2O3. The minimum atomic E-state index is -0.753. The second kappa shape index (κ2) is 11.3. The molecule has 172 valence electrons. The van der Waals surface area contributed by atoms with Gasteiger partial charge < -0.3 is 15.0 Å². The van der Waals surface area contributed by atoms with Gasteiger partial charge in [-0.3, -0.25) is 9.59 Å². The highest BCUT2D eigenvalue weighted by Crippen LogP contribution is 2.21. The van der Waals surface area contributed by atoms with Crippen molar-refractivity contribution in [3.63, 3.8) is 0 Å². The molecule has 0 saturated carbocycles. The van der Waals surface area contributed by atoms with Gasteiger partial charge in [-0.2, -0.15) is 0 Å². The number of rotatable bonds is 9. The maximum atomic E-state index is 13.4. The van der Waals surface area contributed by atoms with Crippen molar-refractivity contribution in [2.45, 2.75) is 32.9 Å². The van der Waals surface area contributed by atoms with Gasteiger partial charge in [-0.05, 0) is 54.3 Å². The number of hydrogen-bond acceptors (Lipinski definition) is 3. The normalized spacial score (nSPS) is 11.5. The van der Waals surface area contributed by atoms with Gasteiger partial charge in [-0.25, -0.2) is 4.39 Å². The first-order valence-electron chi connectivity index (χ1n) is 10.9. The van der Waals surface area contributed by atoms with E-state index in [0.29, 0.717) is 12.2 Å². The number of ether oxygens (including phenoxy) is 1. The number of amides is 2. The van der Waals surface area contributed by atoms with Crippen LogP contribution >= 0.6 is 0 Å². The summed E-state index contributed by atoms with van der Waals surface area (Å²) in [6, 6.07) is 20.4. The summed E-state index contributed by atoms with van der Waals surface area (Å²) in [7, 11) is 1.55. The molecular weight excluding hydrogens is 419 g/mol. The van der Waals surface area contributed by atoms with Crippen molar-refractivity contribution in [1.82, 2.24) is 10.2 Å². The van der Waals surface area contributed by atoms with Crippen LogP contribution in [0.25, 0.3) is 0 Å². The first-order valence-corrected chi connectivity index (χ1v) is 10.9. The summed E-state index contributed by atoms with van der Waals surface area (Å²) >= 11 is 0. The van der Waals surface area contributed by atoms with E-state index >= 15 is 0 Å². The SMILES string of the molecule is CNC(=O)[C@H](Cc1ccccc1)N(Cc1ccc(F)cc1)C(=O)COc1cccc(C)c1C. The van der Waals surface area contributed by atoms with Crippen molar-refractivity contribution in [2.75, 3.05) is 13.7 Å². The Hall–Kier alpha value is -3.67. The van der Waals surface area contributed by atoms with Crippen LogP contribution in [0.5, 0.6) is 5.75 Å². The lowest BCUT2D eigenvalue weighted by Crippen LogP contribution is -2.51. The molecule has 0 unspecified atom stereocenters. The highest BCUT2D eigenvalue weighted by Gasteiger charge is 2.30. The number of benzene rings is 3. The van der Waals surface area contributed by atoms with Crippen LogP contribution in [0.2, 0.25) is 0 Å². The fraction of sp³-hybridized carbons (Fsp3) is 0.259. The maximum absolute atomic E-state index is 13.4. The van der Waals surface area contributed by atoms with Gasteiger partial charge in [0, 0.05) is 20.0 Å². The maximum Gasteiger partial charge on any atom is 0.261 e. The predicted octanol–water partition coefficient (Wildman–Crippen LogP) is 4.21. The molecule has 3 aromatic carbocycles. The van der Waals surface area contributed by atoms with Crippen molar-refractivity contribution in [3.05, 3.63) is 101 Å². The zero-order chi connectivity index (χ0) is 23.8. The molecule has 3 rings (SSSR count). The molecule has 0 fully saturated rings. The number of nitrogens with zero attached hydrogens (tertiary/aromatic N) is 1. The van der Waals surface area contributed by atoms with Crippen molar-refractivity contribution in [2.24, 2.45) is 0 Å². The molecule has 0 aliphatic heterocycles. The molecule has 0 spiro atoms. The average Bonchev–Trinajstić information content (AvgIpc) is 2.83. The van der Waals surface area contributed by atoms with Gasteiger partial charge in [0.2, 0.25) is 5.91 Å². The summed E-state index contributed by atoms with van der Waals surface area (Å²) in [6.45, 7) is 3.86. The number of carbonyl (C=O) groups is 2. The second-order valence-electron chi connectivity index (χ2n) is 7.95. The molecule has 5 nitrogen and oxygen atoms in total. The van der Waals surface area contributed by atoms with Gasteiger partial charge in [-0.1, -0.05) is 54.6 Å². The molecule has 0 saturated heterocycles. The lowest BCUT2D eigenvalue weighted by Gasteiger charge is -2.31. The van der Waals surface area contributed by atoms with Gasteiger partial charge in [0.1, 0.15) is 17.6 Å². The largest absolute Gasteiger partial charge is 0.483 e. The molecule has 0 aliphatic rings. The fourth-order valence-corrected chi connectivity index (χ4v) is 3.61. The van der Waals surface area contributed by atoms with Crippen LogP contribution in [0, 0.1) is 19.7 Å². The average molecular weight is 449 g/mol. The standard InChI is InChI=1S/C27H29FN2O3/c1-19-8-7-11-25(20(19)2)33-18-26(31)30(17-22-12-14-23(28)15-13-22)24(27(32)29-3)16-21-9-5-4-6-10-21/h4-15,24H,16-18H2,1-3H3,(H,29,32)/t24-/m0/s1. The highest BCUT2D eigenvalue weighted by atomic mass is 19.1. The Morgan fingerprint density at radius 2 is 1.64 bits per heavy atom. The predicted molar refractivity (Wildman–Crippen MR) is 126 cm³/mol. The molecule has 1 N–H and O–H groups in total. The summed E-state index contributed by atoms with van der Waals surface area (Å²) in [5.74, 6) is -0.336. The molecule has 0 bridgehead atoms. The highest BCUT2D eigenvalue weighted by molar-refractivity contribution is 5.88. The molecule has 3 aromatic rings. The molecule has 0 aliphatic carbocycles. The van der Waals surface area contributed by atoms with Crippen LogP contribution < -0.4 is 10.1 Å². The number of nitrogens with one attached hydrogen (secondary N) is 1. The van der Waals surface area contributed by atoms with Crippen LogP contribution in [-0.4, -0.2) is 36.4 Å². The van der Waals surface area contributed by atoms with E-state index < -0.39 is 6.04 Å². The summed E-state index contributed by atoms with van der Waals surface area (Å²) in [6.07, 6.45) is 0.344. The Morgan fingerprint density at radius 1 is 0.939 bits per heavy atom. The van der Waals surface area contributed by atoms with Crippen molar-refractivity contribution in [3.8, 4) is 5.75 Å². The molecule has 33 heavy (non-hydrogen) atoms. The van der Waals surface area contributed by atoms with Crippen LogP contribution in [-0.2, 0) is 22.6 Å². The fourth-order valence-electron chi connectivity index (χ4n) is 3.61. The van der Waals surface area contributed by atoms with Crippen molar-refractivity contribution >= 4 is 11.8 Å². The smallest absolute Gasteiger partial charge is 0.261 e. The molecule has 0 radical (unpaired) electrons. The van der Waals surface area contributed by atoms with Gasteiger partial charge in [0.25, 0.3) is 5.91 Å². The van der Waals surface area contributed by atoms with E-state index in [1.807, 2.05) is 62.4 Å². The number of likely N-dealkylation sites (N-methyl/N-ethyl adjacent to an activating group) is 1. The molecule has 2 amide bonds. The number of aryl methyl sites for hydroxylation is 1. The third-order valence-corrected chi connectivity index (χ3v) is 5.69. The Labute approximate surface area is 194 Å². The van der Waals surface area contributed by atoms with Gasteiger partial charge >= 0.3 is 0 Å². The summed E-state index contributed by atoms with van der Waals surface area (Å²) in [5, 5.41) is 2.67. The van der Waals surface area contributed by atoms with Gasteiger partial charge in [0.05, 0.1) is 0 Å². The Morgan fingerprint density at radius 3 is 2.30 bits per heavy atom. The van der Waals surface area contributed by atoms with E-state index in [1.165, 1.54) is 17.0 Å². The minimum absolute atomic E-state index is 0.153. The first-order chi connectivity index (χ1) is 15.9. The quantitative estimate of drug-likeness (QED) is 0.534. The van der Waals surface area contributed by atoms with E-state index in [-0.39, 0.29) is 30.8 Å². The zero-order valence-electron chi connectivity index (χ0n) is 19.2. The van der Waals surface area contributed by atoms with E-state index in [0.717, 1.165) is 22.3 Å². The molecule has 6 heteroatoms. The van der Waals surface area contributed by atoms with Crippen molar-refractivity contribution in [1.29, 1.82) is 0 Å². The zero-order valence-corrected chi connectivity index (χ0v) is 19.2. The van der Waals surface area contributed by atoms with Crippen LogP contribution in [0.3, 0.4) is 0 Å². The Bertz CT molecular complexity index is 1080. The first kappa shape index (κ1) is 24.0. The monoisotopic (exact) mass is 448 g/mol. The van der Waals surface area contributed by atoms with E-state index in [4.69, 9.17) is 4.74 Å². The lowest BCUT2D eigenvalue weighted by atomic mass is 10.0. The molecule has 1 atom stereocenters. The summed E-state index contributed by atoms with van der Waals surface area (Å²) in [5.41, 5.74) is 3.68. The third-order valence-electron chi connectivity index (χ3n) is 5.69. The van der Waals surface area contributed by atoms with E-state index in [2.05, 4.69) is 5.32 Å². The van der Waals surface area contributed by atoms with Gasteiger partial charge in [-0.15, -0.1) is 0 Å². The molecule has 0 aromatic heterocycles. The molecule has 0 heterocycles. The minimum Gasteiger partial charge on any atom is -0.483 e. The lowest BCUT2D eigenvalue weighted by molar-refractivity contribution is -0.142. The number of hydrogen-bond donors (Lipinski definition) is 1. The Kier molecular flexibility index (Phi) is 8.19. The van der Waals surface area contributed by atoms with Crippen LogP contribution in [0.4, 0.5) is 4.39 Å². The summed E-state index contributed by atoms with van der Waals surface area (Å²) in [4.78, 5) is 27.8. The number of carbonyl (C=O) groups excluding carboxylic acids is 2. The van der Waals surface area contributed by atoms with Crippen molar-refractivity contribution < 1.29 is 18.7 Å². The Balaban J connectivity index is 1.88. The van der Waals surface area contributed by atoms with Crippen LogP contribution in [0.1, 0.15) is 22.3 Å². The van der Waals surface area contributed by atoms with Gasteiger partial charge in [0.15, 0.2) is 6.61 Å². The second-order valence-corrected chi connectivity index (χ2v) is 7.95. The van der Waals surface area contributed by atoms with Crippen LogP contribution in [0.15, 0.2) is 72.8 Å². The topological polar surface area (TPSA) is 58.6 Å². The van der Waals surface area contributed by atoms with E-state index in [1.54, 1.807) is 19.2 Å². The summed E-state index contributed by atoms with van der Waals surface area (Å²) < 4.78 is 19.3. The number of halogens is 1. The third kappa shape index (κ3) is 6.42.